The predicted octanol–water partition coefficient (Wildman–Crippen LogP) is 3.22. The van der Waals surface area contributed by atoms with Crippen LogP contribution in [0.5, 0.6) is 0 Å². The first kappa shape index (κ1) is 12.9. The maximum atomic E-state index is 11.2. The van der Waals surface area contributed by atoms with E-state index in [4.69, 9.17) is 4.52 Å². The molecule has 0 heterocycles. The Morgan fingerprint density at radius 3 is 2.38 bits per heavy atom. The third kappa shape index (κ3) is 7.01. The quantitative estimate of drug-likeness (QED) is 0.643. The number of carbonyl (C=O) groups excluding carboxylic acids is 1. The van der Waals surface area contributed by atoms with Crippen LogP contribution in [0.1, 0.15) is 40.5 Å². The highest BCUT2D eigenvalue weighted by Crippen LogP contribution is 2.30. The Labute approximate surface area is 83.3 Å². The van der Waals surface area contributed by atoms with Crippen LogP contribution in [0.15, 0.2) is 0 Å². The van der Waals surface area contributed by atoms with Gasteiger partial charge in [0.2, 0.25) is 0 Å². The van der Waals surface area contributed by atoms with Gasteiger partial charge >= 0.3 is 5.97 Å². The maximum absolute atomic E-state index is 11.2. The first-order valence-electron chi connectivity index (χ1n) is 4.74. The van der Waals surface area contributed by atoms with Gasteiger partial charge in [-0.25, -0.2) is 0 Å². The van der Waals surface area contributed by atoms with Gasteiger partial charge in [0.05, 0.1) is 15.2 Å². The Bertz CT molecular complexity index is 164. The van der Waals surface area contributed by atoms with Gasteiger partial charge in [-0.1, -0.05) is 27.7 Å². The summed E-state index contributed by atoms with van der Waals surface area (Å²) < 4.78 is 4.95. The van der Waals surface area contributed by atoms with Crippen molar-refractivity contribution in [3.63, 3.8) is 0 Å². The number of hydrogen-bond acceptors (Lipinski definition) is 2. The summed E-state index contributed by atoms with van der Waals surface area (Å²) in [7, 11) is 0.270. The van der Waals surface area contributed by atoms with Crippen molar-refractivity contribution in [2.75, 3.05) is 6.66 Å². The monoisotopic (exact) mass is 204 g/mol. The van der Waals surface area contributed by atoms with E-state index in [1.54, 1.807) is 0 Å². The topological polar surface area (TPSA) is 26.3 Å². The lowest BCUT2D eigenvalue weighted by Gasteiger charge is -2.25. The molecule has 0 aliphatic rings. The zero-order chi connectivity index (χ0) is 10.5. The van der Waals surface area contributed by atoms with Gasteiger partial charge in [0.25, 0.3) is 0 Å². The van der Waals surface area contributed by atoms with Crippen molar-refractivity contribution in [3.8, 4) is 0 Å². The van der Waals surface area contributed by atoms with Gasteiger partial charge in [-0.05, 0) is 24.4 Å². The van der Waals surface area contributed by atoms with E-state index in [1.807, 2.05) is 6.66 Å². The van der Waals surface area contributed by atoms with Crippen molar-refractivity contribution in [2.24, 2.45) is 11.3 Å². The van der Waals surface area contributed by atoms with E-state index in [1.165, 1.54) is 0 Å². The first-order chi connectivity index (χ1) is 5.87. The van der Waals surface area contributed by atoms with Gasteiger partial charge in [0, 0.05) is 0 Å². The standard InChI is InChI=1S/C10H21O2P/c1-8(2)6-10(3,4)7-9(11)12-13-5/h8,13H,6-7H2,1-5H3. The Hall–Kier alpha value is -0.100. The molecule has 0 aliphatic carbocycles. The normalized spacial score (nSPS) is 12.8. The van der Waals surface area contributed by atoms with Crippen LogP contribution in [0.25, 0.3) is 0 Å². The predicted molar refractivity (Wildman–Crippen MR) is 58.2 cm³/mol. The molecule has 0 saturated carbocycles. The van der Waals surface area contributed by atoms with Crippen molar-refractivity contribution in [3.05, 3.63) is 0 Å². The summed E-state index contributed by atoms with van der Waals surface area (Å²) in [4.78, 5) is 11.2. The minimum atomic E-state index is -0.0634. The minimum absolute atomic E-state index is 0.0634. The van der Waals surface area contributed by atoms with Gasteiger partial charge in [-0.2, -0.15) is 0 Å². The van der Waals surface area contributed by atoms with Crippen molar-refractivity contribution in [1.29, 1.82) is 0 Å². The Balaban J connectivity index is 3.93. The highest BCUT2D eigenvalue weighted by molar-refractivity contribution is 7.31. The second kappa shape index (κ2) is 5.59. The van der Waals surface area contributed by atoms with Crippen LogP contribution < -0.4 is 0 Å². The molecule has 0 aliphatic heterocycles. The molecule has 78 valence electrons. The molecule has 0 aromatic heterocycles. The molecule has 0 N–H and O–H groups in total. The van der Waals surface area contributed by atoms with E-state index in [0.717, 1.165) is 6.42 Å². The molecule has 0 fully saturated rings. The number of carbonyl (C=O) groups is 1. The third-order valence-corrected chi connectivity index (χ3v) is 2.23. The van der Waals surface area contributed by atoms with E-state index >= 15 is 0 Å². The molecule has 1 atom stereocenters. The highest BCUT2D eigenvalue weighted by atomic mass is 31.1. The molecule has 0 radical (unpaired) electrons. The molecule has 2 nitrogen and oxygen atoms in total. The summed E-state index contributed by atoms with van der Waals surface area (Å²) in [6.45, 7) is 10.5. The van der Waals surface area contributed by atoms with Crippen molar-refractivity contribution in [1.82, 2.24) is 0 Å². The second-order valence-electron chi connectivity index (χ2n) is 4.62. The Kier molecular flexibility index (Phi) is 5.55. The van der Waals surface area contributed by atoms with E-state index in [0.29, 0.717) is 12.3 Å². The summed E-state index contributed by atoms with van der Waals surface area (Å²) in [5.74, 6) is 0.568. The lowest BCUT2D eigenvalue weighted by molar-refractivity contribution is -0.135. The molecule has 0 spiro atoms. The van der Waals surface area contributed by atoms with E-state index < -0.39 is 0 Å². The van der Waals surface area contributed by atoms with Crippen LogP contribution in [0.4, 0.5) is 0 Å². The summed E-state index contributed by atoms with van der Waals surface area (Å²) in [5.41, 5.74) is 0.0743. The van der Waals surface area contributed by atoms with E-state index in [-0.39, 0.29) is 20.2 Å². The van der Waals surface area contributed by atoms with Crippen LogP contribution in [0.3, 0.4) is 0 Å². The molecular weight excluding hydrogens is 183 g/mol. The van der Waals surface area contributed by atoms with Crippen LogP contribution in [-0.2, 0) is 9.32 Å². The van der Waals surface area contributed by atoms with E-state index in [2.05, 4.69) is 27.7 Å². The fraction of sp³-hybridized carbons (Fsp3) is 0.900. The molecule has 13 heavy (non-hydrogen) atoms. The summed E-state index contributed by atoms with van der Waals surface area (Å²) in [6.07, 6.45) is 1.60. The van der Waals surface area contributed by atoms with Gasteiger partial charge in [0.15, 0.2) is 0 Å². The van der Waals surface area contributed by atoms with Gasteiger partial charge < -0.3 is 4.52 Å². The van der Waals surface area contributed by atoms with Gasteiger partial charge in [-0.15, -0.1) is 0 Å². The van der Waals surface area contributed by atoms with Crippen LogP contribution in [-0.4, -0.2) is 12.6 Å². The maximum Gasteiger partial charge on any atom is 0.308 e. The summed E-state index contributed by atoms with van der Waals surface area (Å²) in [5, 5.41) is 0. The van der Waals surface area contributed by atoms with Crippen molar-refractivity contribution < 1.29 is 9.32 Å². The highest BCUT2D eigenvalue weighted by Gasteiger charge is 2.23. The van der Waals surface area contributed by atoms with Gasteiger partial charge in [0.1, 0.15) is 0 Å². The van der Waals surface area contributed by atoms with Crippen molar-refractivity contribution in [2.45, 2.75) is 40.5 Å². The third-order valence-electron chi connectivity index (χ3n) is 1.80. The average Bonchev–Trinajstić information content (AvgIpc) is 1.81. The second-order valence-corrected chi connectivity index (χ2v) is 5.23. The van der Waals surface area contributed by atoms with Crippen LogP contribution in [0.2, 0.25) is 0 Å². The fourth-order valence-corrected chi connectivity index (χ4v) is 2.02. The Morgan fingerprint density at radius 1 is 1.46 bits per heavy atom. The fourth-order valence-electron chi connectivity index (χ4n) is 1.72. The van der Waals surface area contributed by atoms with Crippen LogP contribution >= 0.6 is 8.81 Å². The van der Waals surface area contributed by atoms with Crippen molar-refractivity contribution >= 4 is 14.8 Å². The lowest BCUT2D eigenvalue weighted by Crippen LogP contribution is -2.19. The average molecular weight is 204 g/mol. The smallest absolute Gasteiger partial charge is 0.308 e. The molecule has 1 unspecified atom stereocenters. The van der Waals surface area contributed by atoms with Gasteiger partial charge in [-0.3, -0.25) is 4.79 Å². The molecule has 3 heteroatoms. The molecule has 0 aromatic rings. The number of rotatable bonds is 5. The molecular formula is C10H21O2P. The summed E-state index contributed by atoms with van der Waals surface area (Å²) >= 11 is 0. The zero-order valence-electron chi connectivity index (χ0n) is 9.31. The van der Waals surface area contributed by atoms with Crippen LogP contribution in [0, 0.1) is 11.3 Å². The molecule has 0 rings (SSSR count). The largest absolute Gasteiger partial charge is 0.448 e. The lowest BCUT2D eigenvalue weighted by atomic mass is 9.81. The number of hydrogen-bond donors (Lipinski definition) is 0. The minimum Gasteiger partial charge on any atom is -0.448 e. The molecule has 0 saturated heterocycles. The summed E-state index contributed by atoms with van der Waals surface area (Å²) in [6, 6.07) is 0. The molecule has 0 bridgehead atoms. The molecule has 0 aromatic carbocycles. The van der Waals surface area contributed by atoms with E-state index in [9.17, 15) is 4.79 Å². The first-order valence-corrected chi connectivity index (χ1v) is 6.14. The molecule has 0 amide bonds. The Morgan fingerprint density at radius 2 is 2.00 bits per heavy atom. The SMILES string of the molecule is CPOC(=O)CC(C)(C)CC(C)C. The zero-order valence-corrected chi connectivity index (χ0v) is 10.3.